The van der Waals surface area contributed by atoms with Crippen molar-refractivity contribution in [1.82, 2.24) is 9.55 Å². The third-order valence-corrected chi connectivity index (χ3v) is 5.12. The van der Waals surface area contributed by atoms with Gasteiger partial charge in [-0.05, 0) is 49.2 Å². The molecule has 0 radical (unpaired) electrons. The van der Waals surface area contributed by atoms with E-state index in [0.717, 1.165) is 16.7 Å². The monoisotopic (exact) mass is 377 g/mol. The number of rotatable bonds is 3. The Labute approximate surface area is 162 Å². The number of benzene rings is 1. The number of amides is 1. The highest BCUT2D eigenvalue weighted by molar-refractivity contribution is 6.01. The van der Waals surface area contributed by atoms with Crippen molar-refractivity contribution in [2.75, 3.05) is 11.9 Å². The summed E-state index contributed by atoms with van der Waals surface area (Å²) in [6, 6.07) is 8.28. The van der Waals surface area contributed by atoms with Crippen molar-refractivity contribution in [2.45, 2.75) is 26.3 Å². The second kappa shape index (κ2) is 6.71. The molecule has 1 aromatic carbocycles. The first-order valence-corrected chi connectivity index (χ1v) is 9.12. The minimum Gasteiger partial charge on any atom is -0.315 e. The Morgan fingerprint density at radius 2 is 1.79 bits per heavy atom. The van der Waals surface area contributed by atoms with Gasteiger partial charge in [-0.1, -0.05) is 0 Å². The molecule has 0 N–H and O–H groups in total. The van der Waals surface area contributed by atoms with Crippen LogP contribution in [-0.4, -0.2) is 22.5 Å². The summed E-state index contributed by atoms with van der Waals surface area (Å²) in [5.74, 6) is -0.444. The normalized spacial score (nSPS) is 13.3. The minimum absolute atomic E-state index is 0.0345. The van der Waals surface area contributed by atoms with Gasteiger partial charge in [0, 0.05) is 60.1 Å². The van der Waals surface area contributed by atoms with Gasteiger partial charge in [-0.2, -0.15) is 0 Å². The van der Waals surface area contributed by atoms with Crippen molar-refractivity contribution in [3.05, 3.63) is 70.7 Å². The molecule has 3 aromatic rings. The Hall–Kier alpha value is -3.28. The number of pyridine rings is 2. The molecule has 1 amide bonds. The summed E-state index contributed by atoms with van der Waals surface area (Å²) < 4.78 is 16.4. The first-order valence-electron chi connectivity index (χ1n) is 9.12. The number of likely N-dealkylation sites (N-methyl/N-ethyl adjacent to an activating group) is 1. The number of hydrogen-bond donors (Lipinski definition) is 0. The molecule has 1 aliphatic heterocycles. The van der Waals surface area contributed by atoms with Gasteiger partial charge >= 0.3 is 0 Å². The van der Waals surface area contributed by atoms with Crippen LogP contribution in [0.25, 0.3) is 22.3 Å². The third-order valence-electron chi connectivity index (χ3n) is 5.12. The molecule has 28 heavy (non-hydrogen) atoms. The van der Waals surface area contributed by atoms with E-state index in [1.54, 1.807) is 42.3 Å². The molecule has 3 heterocycles. The van der Waals surface area contributed by atoms with E-state index in [4.69, 9.17) is 0 Å². The van der Waals surface area contributed by atoms with Gasteiger partial charge in [0.1, 0.15) is 5.82 Å². The summed E-state index contributed by atoms with van der Waals surface area (Å²) in [6.07, 6.45) is 5.36. The zero-order valence-corrected chi connectivity index (χ0v) is 15.9. The average molecular weight is 377 g/mol. The van der Waals surface area contributed by atoms with Crippen molar-refractivity contribution in [3.8, 4) is 22.3 Å². The summed E-state index contributed by atoms with van der Waals surface area (Å²) in [6.45, 7) is 3.89. The van der Waals surface area contributed by atoms with Crippen LogP contribution in [0.2, 0.25) is 0 Å². The quantitative estimate of drug-likeness (QED) is 0.697. The lowest BCUT2D eigenvalue weighted by Crippen LogP contribution is -2.20. The van der Waals surface area contributed by atoms with Crippen molar-refractivity contribution < 1.29 is 9.18 Å². The van der Waals surface area contributed by atoms with Gasteiger partial charge < -0.3 is 9.47 Å². The molecule has 1 aliphatic rings. The summed E-state index contributed by atoms with van der Waals surface area (Å²) in [5.41, 5.74) is 4.01. The fraction of sp³-hybridized carbons (Fsp3) is 0.227. The van der Waals surface area contributed by atoms with E-state index in [9.17, 15) is 14.0 Å². The topological polar surface area (TPSA) is 55.2 Å². The predicted molar refractivity (Wildman–Crippen MR) is 107 cm³/mol. The summed E-state index contributed by atoms with van der Waals surface area (Å²) in [7, 11) is 1.65. The van der Waals surface area contributed by atoms with Crippen LogP contribution in [0.1, 0.15) is 25.5 Å². The van der Waals surface area contributed by atoms with Gasteiger partial charge in [0.2, 0.25) is 5.91 Å². The Bertz CT molecular complexity index is 1150. The molecule has 142 valence electrons. The average Bonchev–Trinajstić information content (AvgIpc) is 2.95. The lowest BCUT2D eigenvalue weighted by atomic mass is 9.99. The molecule has 0 unspecified atom stereocenters. The zero-order chi connectivity index (χ0) is 20.0. The van der Waals surface area contributed by atoms with Crippen LogP contribution in [-0.2, 0) is 11.2 Å². The second-order valence-corrected chi connectivity index (χ2v) is 7.31. The van der Waals surface area contributed by atoms with Crippen LogP contribution in [0.5, 0.6) is 0 Å². The maximum Gasteiger partial charge on any atom is 0.250 e. The highest BCUT2D eigenvalue weighted by Gasteiger charge is 2.26. The van der Waals surface area contributed by atoms with Crippen LogP contribution >= 0.6 is 0 Å². The summed E-state index contributed by atoms with van der Waals surface area (Å²) >= 11 is 0. The van der Waals surface area contributed by atoms with Crippen LogP contribution in [0.3, 0.4) is 0 Å². The van der Waals surface area contributed by atoms with E-state index in [-0.39, 0.29) is 23.9 Å². The predicted octanol–water partition coefficient (Wildman–Crippen LogP) is 3.82. The number of nitrogens with zero attached hydrogens (tertiary/aromatic N) is 3. The number of carbonyl (C=O) groups is 1. The number of hydrogen-bond acceptors (Lipinski definition) is 3. The van der Waals surface area contributed by atoms with E-state index < -0.39 is 5.82 Å². The van der Waals surface area contributed by atoms with Gasteiger partial charge in [-0.25, -0.2) is 4.39 Å². The van der Waals surface area contributed by atoms with Gasteiger partial charge in [-0.3, -0.25) is 14.6 Å². The molecule has 4 rings (SSSR count). The zero-order valence-electron chi connectivity index (χ0n) is 15.9. The lowest BCUT2D eigenvalue weighted by Gasteiger charge is -2.13. The number of anilines is 1. The Balaban J connectivity index is 1.79. The molecule has 0 bridgehead atoms. The fourth-order valence-electron chi connectivity index (χ4n) is 3.52. The van der Waals surface area contributed by atoms with Crippen molar-refractivity contribution in [2.24, 2.45) is 0 Å². The van der Waals surface area contributed by atoms with E-state index in [0.29, 0.717) is 16.8 Å². The Morgan fingerprint density at radius 3 is 2.54 bits per heavy atom. The maximum atomic E-state index is 14.8. The molecule has 0 saturated carbocycles. The number of carbonyl (C=O) groups excluding carboxylic acids is 1. The largest absolute Gasteiger partial charge is 0.315 e. The smallest absolute Gasteiger partial charge is 0.250 e. The maximum absolute atomic E-state index is 14.8. The highest BCUT2D eigenvalue weighted by atomic mass is 19.1. The van der Waals surface area contributed by atoms with E-state index in [1.807, 2.05) is 19.9 Å². The molecule has 0 saturated heterocycles. The standard InChI is InChI=1S/C22H20FN3O2/c1-13(2)26-12-14(4-5-21(26)27)16-6-17(11-24-10-16)18-7-15-8-22(28)25(3)20(15)9-19(18)23/h4-7,9-13H,8H2,1-3H3. The Kier molecular flexibility index (Phi) is 4.34. The molecule has 0 fully saturated rings. The minimum atomic E-state index is -0.397. The van der Waals surface area contributed by atoms with Crippen LogP contribution in [0.4, 0.5) is 10.1 Å². The molecular weight excluding hydrogens is 357 g/mol. The van der Waals surface area contributed by atoms with Crippen LogP contribution in [0, 0.1) is 5.82 Å². The van der Waals surface area contributed by atoms with Gasteiger partial charge in [-0.15, -0.1) is 0 Å². The number of halogens is 1. The molecule has 6 heteroatoms. The number of aromatic nitrogens is 2. The molecule has 0 atom stereocenters. The fourth-order valence-corrected chi connectivity index (χ4v) is 3.52. The Morgan fingerprint density at radius 1 is 1.04 bits per heavy atom. The van der Waals surface area contributed by atoms with Gasteiger partial charge in [0.15, 0.2) is 0 Å². The number of fused-ring (bicyclic) bond motifs is 1. The summed E-state index contributed by atoms with van der Waals surface area (Å²) in [4.78, 5) is 29.7. The van der Waals surface area contributed by atoms with Crippen molar-refractivity contribution in [1.29, 1.82) is 0 Å². The van der Waals surface area contributed by atoms with Gasteiger partial charge in [0.25, 0.3) is 5.56 Å². The molecule has 0 aliphatic carbocycles. The first kappa shape index (κ1) is 18.1. The van der Waals surface area contributed by atoms with E-state index in [2.05, 4.69) is 4.98 Å². The van der Waals surface area contributed by atoms with Crippen LogP contribution < -0.4 is 10.5 Å². The lowest BCUT2D eigenvalue weighted by molar-refractivity contribution is -0.117. The SMILES string of the molecule is CC(C)n1cc(-c2cncc(-c3cc4c(cc3F)N(C)C(=O)C4)c2)ccc1=O. The van der Waals surface area contributed by atoms with Crippen molar-refractivity contribution in [3.63, 3.8) is 0 Å². The first-order chi connectivity index (χ1) is 13.3. The van der Waals surface area contributed by atoms with Crippen molar-refractivity contribution >= 4 is 11.6 Å². The third kappa shape index (κ3) is 3.01. The van der Waals surface area contributed by atoms with E-state index in [1.165, 1.54) is 17.0 Å². The second-order valence-electron chi connectivity index (χ2n) is 7.31. The summed E-state index contributed by atoms with van der Waals surface area (Å²) in [5, 5.41) is 0. The molecule has 5 nitrogen and oxygen atoms in total. The van der Waals surface area contributed by atoms with E-state index >= 15 is 0 Å². The van der Waals surface area contributed by atoms with Gasteiger partial charge in [0.05, 0.1) is 6.42 Å². The molecule has 2 aromatic heterocycles. The highest BCUT2D eigenvalue weighted by Crippen LogP contribution is 2.35. The van der Waals surface area contributed by atoms with Crippen LogP contribution in [0.15, 0.2) is 53.7 Å². The molecule has 0 spiro atoms. The molecular formula is C22H20FN3O2.